The summed E-state index contributed by atoms with van der Waals surface area (Å²) in [4.78, 5) is 15.9. The van der Waals surface area contributed by atoms with Crippen LogP contribution in [0.1, 0.15) is 5.56 Å². The lowest BCUT2D eigenvalue weighted by Crippen LogP contribution is -2.30. The number of hydrogen-bond acceptors (Lipinski definition) is 5. The Hall–Kier alpha value is -3.13. The molecular weight excluding hydrogens is 354 g/mol. The van der Waals surface area contributed by atoms with E-state index in [1.165, 1.54) is 6.07 Å². The fraction of sp³-hybridized carbons (Fsp3) is 0.111. The van der Waals surface area contributed by atoms with E-state index >= 15 is 0 Å². The average Bonchev–Trinajstić information content (AvgIpc) is 2.86. The molecule has 2 aromatic carbocycles. The van der Waals surface area contributed by atoms with Crippen molar-refractivity contribution < 1.29 is 18.3 Å². The quantitative estimate of drug-likeness (QED) is 0.721. The number of phenols is 1. The van der Waals surface area contributed by atoms with Crippen LogP contribution in [0.3, 0.4) is 0 Å². The second-order valence-electron chi connectivity index (χ2n) is 6.11. The number of amides is 1. The fourth-order valence-electron chi connectivity index (χ4n) is 3.13. The van der Waals surface area contributed by atoms with Crippen LogP contribution < -0.4 is 9.03 Å². The zero-order valence-electron chi connectivity index (χ0n) is 13.8. The number of para-hydroxylation sites is 1. The Balaban J connectivity index is 1.82. The van der Waals surface area contributed by atoms with Gasteiger partial charge >= 0.3 is 10.2 Å². The number of nitrogens with zero attached hydrogens (tertiary/aromatic N) is 2. The second-order valence-corrected chi connectivity index (χ2v) is 7.71. The fourth-order valence-corrected chi connectivity index (χ4v) is 4.35. The van der Waals surface area contributed by atoms with Crippen LogP contribution in [-0.2, 0) is 15.0 Å². The number of nitrogens with one attached hydrogen (secondary N) is 1. The Kier molecular flexibility index (Phi) is 3.58. The van der Waals surface area contributed by atoms with E-state index in [2.05, 4.69) is 4.98 Å². The Morgan fingerprint density at radius 2 is 1.92 bits per heavy atom. The monoisotopic (exact) mass is 369 g/mol. The number of anilines is 1. The van der Waals surface area contributed by atoms with Gasteiger partial charge in [0.05, 0.1) is 11.2 Å². The molecule has 2 heterocycles. The van der Waals surface area contributed by atoms with Gasteiger partial charge in [-0.15, -0.1) is 0 Å². The van der Waals surface area contributed by atoms with Crippen molar-refractivity contribution in [2.45, 2.75) is 6.92 Å². The van der Waals surface area contributed by atoms with E-state index in [0.29, 0.717) is 11.1 Å². The number of carbonyl (C=O) groups excluding carboxylic acids is 1. The highest BCUT2D eigenvalue weighted by Crippen LogP contribution is 2.38. The molecule has 1 aliphatic heterocycles. The van der Waals surface area contributed by atoms with Crippen LogP contribution in [0.4, 0.5) is 5.69 Å². The van der Waals surface area contributed by atoms with Crippen molar-refractivity contribution in [3.8, 4) is 16.9 Å². The van der Waals surface area contributed by atoms with Crippen molar-refractivity contribution in [1.29, 1.82) is 0 Å². The predicted molar refractivity (Wildman–Crippen MR) is 98.0 cm³/mol. The molecule has 1 amide bonds. The summed E-state index contributed by atoms with van der Waals surface area (Å²) in [7, 11) is -3.98. The van der Waals surface area contributed by atoms with Crippen LogP contribution in [-0.4, -0.2) is 31.0 Å². The third-order valence-corrected chi connectivity index (χ3v) is 5.65. The van der Waals surface area contributed by atoms with E-state index in [0.717, 1.165) is 20.8 Å². The number of fused-ring (bicyclic) bond motifs is 1. The summed E-state index contributed by atoms with van der Waals surface area (Å²) in [5, 5.41) is 11.4. The minimum Gasteiger partial charge on any atom is -0.506 e. The second kappa shape index (κ2) is 5.70. The molecule has 8 heteroatoms. The van der Waals surface area contributed by atoms with Crippen molar-refractivity contribution in [1.82, 2.24) is 9.71 Å². The van der Waals surface area contributed by atoms with Gasteiger partial charge in [-0.2, -0.15) is 8.42 Å². The van der Waals surface area contributed by atoms with Crippen LogP contribution in [0, 0.1) is 6.92 Å². The molecule has 0 atom stereocenters. The van der Waals surface area contributed by atoms with E-state index in [-0.39, 0.29) is 18.0 Å². The molecule has 2 N–H and O–H groups in total. The number of phenolic OH excluding ortho intramolecular Hbond substituents is 1. The number of benzene rings is 2. The van der Waals surface area contributed by atoms with Crippen LogP contribution >= 0.6 is 0 Å². The molecule has 4 rings (SSSR count). The first kappa shape index (κ1) is 16.3. The molecule has 1 fully saturated rings. The first-order chi connectivity index (χ1) is 12.3. The maximum absolute atomic E-state index is 12.1. The smallest absolute Gasteiger partial charge is 0.326 e. The van der Waals surface area contributed by atoms with Gasteiger partial charge in [0.25, 0.3) is 5.91 Å². The average molecular weight is 369 g/mol. The Morgan fingerprint density at radius 3 is 2.62 bits per heavy atom. The topological polar surface area (TPSA) is 99.6 Å². The number of aromatic nitrogens is 1. The zero-order chi connectivity index (χ0) is 18.5. The summed E-state index contributed by atoms with van der Waals surface area (Å²) in [6.45, 7) is 1.33. The van der Waals surface area contributed by atoms with E-state index in [1.54, 1.807) is 19.2 Å². The summed E-state index contributed by atoms with van der Waals surface area (Å²) >= 11 is 0. The summed E-state index contributed by atoms with van der Waals surface area (Å²) in [5.41, 5.74) is 3.00. The third-order valence-electron chi connectivity index (χ3n) is 4.27. The summed E-state index contributed by atoms with van der Waals surface area (Å²) in [6.07, 6.45) is 1.70. The first-order valence-corrected chi connectivity index (χ1v) is 9.31. The molecule has 3 aromatic rings. The molecule has 1 saturated heterocycles. The van der Waals surface area contributed by atoms with Crippen molar-refractivity contribution in [3.63, 3.8) is 0 Å². The lowest BCUT2D eigenvalue weighted by Gasteiger charge is -2.19. The Morgan fingerprint density at radius 1 is 1.15 bits per heavy atom. The summed E-state index contributed by atoms with van der Waals surface area (Å²) in [5.74, 6) is -0.847. The number of hydrogen-bond donors (Lipinski definition) is 2. The van der Waals surface area contributed by atoms with Crippen LogP contribution in [0.2, 0.25) is 0 Å². The first-order valence-electron chi connectivity index (χ1n) is 7.87. The number of rotatable bonds is 2. The standard InChI is InChI=1S/C18H15N3O4S/c1-11-6-13(14-7-12-4-2-3-5-15(12)19-9-14)8-16(22)18(11)21-10-17(23)20-26(21,24)25/h2-9,22H,10H2,1H3,(H,20,23). The van der Waals surface area contributed by atoms with Gasteiger partial charge in [0.1, 0.15) is 12.3 Å². The Labute approximate surface area is 150 Å². The molecule has 0 aliphatic carbocycles. The van der Waals surface area contributed by atoms with Gasteiger partial charge in [-0.05, 0) is 42.3 Å². The maximum Gasteiger partial charge on any atom is 0.326 e. The van der Waals surface area contributed by atoms with Gasteiger partial charge in [0.15, 0.2) is 0 Å². The molecule has 0 unspecified atom stereocenters. The number of aromatic hydroxyl groups is 1. The predicted octanol–water partition coefficient (Wildman–Crippen LogP) is 2.10. The van der Waals surface area contributed by atoms with Gasteiger partial charge in [-0.3, -0.25) is 9.78 Å². The molecule has 0 spiro atoms. The molecule has 26 heavy (non-hydrogen) atoms. The number of carbonyl (C=O) groups is 1. The normalized spacial score (nSPS) is 16.0. The van der Waals surface area contributed by atoms with Gasteiger partial charge in [-0.1, -0.05) is 18.2 Å². The van der Waals surface area contributed by atoms with Gasteiger partial charge in [-0.25, -0.2) is 9.03 Å². The summed E-state index contributed by atoms with van der Waals surface area (Å²) in [6, 6.07) is 12.9. The number of aryl methyl sites for hydroxylation is 1. The molecule has 1 aromatic heterocycles. The van der Waals surface area contributed by atoms with E-state index in [4.69, 9.17) is 0 Å². The molecule has 0 saturated carbocycles. The highest BCUT2D eigenvalue weighted by molar-refractivity contribution is 7.92. The Bertz CT molecular complexity index is 1140. The highest BCUT2D eigenvalue weighted by atomic mass is 32.2. The molecule has 7 nitrogen and oxygen atoms in total. The SMILES string of the molecule is Cc1cc(-c2cnc3ccccc3c2)cc(O)c1N1CC(=O)NS1(=O)=O. The number of pyridine rings is 1. The van der Waals surface area contributed by atoms with Crippen molar-refractivity contribution >= 4 is 32.7 Å². The van der Waals surface area contributed by atoms with Crippen molar-refractivity contribution in [2.75, 3.05) is 10.8 Å². The molecule has 0 bridgehead atoms. The highest BCUT2D eigenvalue weighted by Gasteiger charge is 2.36. The summed E-state index contributed by atoms with van der Waals surface area (Å²) < 4.78 is 26.9. The van der Waals surface area contributed by atoms with Crippen molar-refractivity contribution in [2.24, 2.45) is 0 Å². The maximum atomic E-state index is 12.1. The van der Waals surface area contributed by atoms with E-state index < -0.39 is 16.1 Å². The van der Waals surface area contributed by atoms with Crippen LogP contribution in [0.15, 0.2) is 48.7 Å². The molecule has 132 valence electrons. The minimum absolute atomic E-state index is 0.0980. The van der Waals surface area contributed by atoms with Gasteiger partial charge < -0.3 is 5.11 Å². The molecule has 1 aliphatic rings. The van der Waals surface area contributed by atoms with Gasteiger partial charge in [0, 0.05) is 17.1 Å². The lowest BCUT2D eigenvalue weighted by atomic mass is 10.0. The van der Waals surface area contributed by atoms with Gasteiger partial charge in [0.2, 0.25) is 0 Å². The van der Waals surface area contributed by atoms with E-state index in [9.17, 15) is 18.3 Å². The zero-order valence-corrected chi connectivity index (χ0v) is 14.6. The lowest BCUT2D eigenvalue weighted by molar-refractivity contribution is -0.117. The van der Waals surface area contributed by atoms with Crippen LogP contribution in [0.25, 0.3) is 22.0 Å². The van der Waals surface area contributed by atoms with Crippen LogP contribution in [0.5, 0.6) is 5.75 Å². The largest absolute Gasteiger partial charge is 0.506 e. The van der Waals surface area contributed by atoms with Crippen molar-refractivity contribution in [3.05, 3.63) is 54.2 Å². The third kappa shape index (κ3) is 2.64. The van der Waals surface area contributed by atoms with E-state index in [1.807, 2.05) is 35.1 Å². The molecule has 0 radical (unpaired) electrons. The molecular formula is C18H15N3O4S. The minimum atomic E-state index is -3.98.